The second kappa shape index (κ2) is 6.25. The van der Waals surface area contributed by atoms with Gasteiger partial charge >= 0.3 is 0 Å². The number of hydrogen-bond donors (Lipinski definition) is 2. The molecule has 1 amide bonds. The van der Waals surface area contributed by atoms with Crippen LogP contribution in [0.2, 0.25) is 5.02 Å². The quantitative estimate of drug-likeness (QED) is 0.887. The number of carbonyl (C=O) groups excluding carboxylic acids is 1. The standard InChI is InChI=1S/C15H15ClN2O/c1-11(19)18-14-8-4-2-6-12(14)10-17-15-9-5-3-7-13(15)16/h2-9,17H,10H2,1H3,(H,18,19). The highest BCUT2D eigenvalue weighted by Gasteiger charge is 2.04. The van der Waals surface area contributed by atoms with Crippen LogP contribution in [-0.2, 0) is 11.3 Å². The maximum absolute atomic E-state index is 11.1. The molecule has 0 saturated heterocycles. The van der Waals surface area contributed by atoms with Crippen LogP contribution in [-0.4, -0.2) is 5.91 Å². The Kier molecular flexibility index (Phi) is 4.42. The molecule has 4 heteroatoms. The molecule has 0 fully saturated rings. The number of benzene rings is 2. The summed E-state index contributed by atoms with van der Waals surface area (Å²) >= 11 is 6.08. The highest BCUT2D eigenvalue weighted by molar-refractivity contribution is 6.33. The second-order valence-corrected chi connectivity index (χ2v) is 4.58. The summed E-state index contributed by atoms with van der Waals surface area (Å²) in [5, 5.41) is 6.75. The van der Waals surface area contributed by atoms with Crippen LogP contribution < -0.4 is 10.6 Å². The second-order valence-electron chi connectivity index (χ2n) is 4.17. The fourth-order valence-corrected chi connectivity index (χ4v) is 1.98. The molecule has 2 aromatic carbocycles. The minimum atomic E-state index is -0.0785. The minimum Gasteiger partial charge on any atom is -0.380 e. The fraction of sp³-hybridized carbons (Fsp3) is 0.133. The van der Waals surface area contributed by atoms with Gasteiger partial charge in [-0.1, -0.05) is 41.9 Å². The SMILES string of the molecule is CC(=O)Nc1ccccc1CNc1ccccc1Cl. The van der Waals surface area contributed by atoms with Gasteiger partial charge in [0, 0.05) is 19.2 Å². The van der Waals surface area contributed by atoms with E-state index in [1.165, 1.54) is 6.92 Å². The van der Waals surface area contributed by atoms with Crippen molar-refractivity contribution in [3.63, 3.8) is 0 Å². The van der Waals surface area contributed by atoms with Crippen molar-refractivity contribution < 1.29 is 4.79 Å². The summed E-state index contributed by atoms with van der Waals surface area (Å²) in [4.78, 5) is 11.1. The lowest BCUT2D eigenvalue weighted by Crippen LogP contribution is -2.10. The van der Waals surface area contributed by atoms with E-state index >= 15 is 0 Å². The number of halogens is 1. The molecule has 0 atom stereocenters. The largest absolute Gasteiger partial charge is 0.380 e. The summed E-state index contributed by atoms with van der Waals surface area (Å²) in [6.45, 7) is 2.10. The van der Waals surface area contributed by atoms with E-state index < -0.39 is 0 Å². The highest BCUT2D eigenvalue weighted by atomic mass is 35.5. The van der Waals surface area contributed by atoms with Crippen LogP contribution in [0.5, 0.6) is 0 Å². The topological polar surface area (TPSA) is 41.1 Å². The molecule has 0 bridgehead atoms. The number of anilines is 2. The average Bonchev–Trinajstić information content (AvgIpc) is 2.39. The van der Waals surface area contributed by atoms with Crippen LogP contribution in [0.25, 0.3) is 0 Å². The van der Waals surface area contributed by atoms with Gasteiger partial charge in [0.1, 0.15) is 0 Å². The van der Waals surface area contributed by atoms with E-state index in [2.05, 4.69) is 10.6 Å². The highest BCUT2D eigenvalue weighted by Crippen LogP contribution is 2.22. The van der Waals surface area contributed by atoms with Gasteiger partial charge < -0.3 is 10.6 Å². The molecule has 0 saturated carbocycles. The summed E-state index contributed by atoms with van der Waals surface area (Å²) in [5.41, 5.74) is 2.70. The van der Waals surface area contributed by atoms with Crippen molar-refractivity contribution in [2.45, 2.75) is 13.5 Å². The van der Waals surface area contributed by atoms with E-state index in [1.54, 1.807) is 0 Å². The van der Waals surface area contributed by atoms with Gasteiger partial charge in [0.15, 0.2) is 0 Å². The monoisotopic (exact) mass is 274 g/mol. The van der Waals surface area contributed by atoms with Crippen molar-refractivity contribution in [1.82, 2.24) is 0 Å². The minimum absolute atomic E-state index is 0.0785. The van der Waals surface area contributed by atoms with E-state index in [4.69, 9.17) is 11.6 Å². The van der Waals surface area contributed by atoms with E-state index in [0.29, 0.717) is 11.6 Å². The molecular formula is C15H15ClN2O. The Morgan fingerprint density at radius 1 is 1.05 bits per heavy atom. The van der Waals surface area contributed by atoms with Crippen LogP contribution >= 0.6 is 11.6 Å². The van der Waals surface area contributed by atoms with Gasteiger partial charge in [0.2, 0.25) is 5.91 Å². The predicted molar refractivity (Wildman–Crippen MR) is 79.5 cm³/mol. The van der Waals surface area contributed by atoms with Crippen LogP contribution in [0.4, 0.5) is 11.4 Å². The first-order valence-corrected chi connectivity index (χ1v) is 6.38. The lowest BCUT2D eigenvalue weighted by atomic mass is 10.1. The molecule has 2 rings (SSSR count). The van der Waals surface area contributed by atoms with Crippen molar-refractivity contribution >= 4 is 28.9 Å². The first-order chi connectivity index (χ1) is 9.16. The maximum atomic E-state index is 11.1. The summed E-state index contributed by atoms with van der Waals surface area (Å²) in [6.07, 6.45) is 0. The van der Waals surface area contributed by atoms with Crippen molar-refractivity contribution in [1.29, 1.82) is 0 Å². The number of para-hydroxylation sites is 2. The molecule has 2 aromatic rings. The number of hydrogen-bond acceptors (Lipinski definition) is 2. The smallest absolute Gasteiger partial charge is 0.221 e. The van der Waals surface area contributed by atoms with Gasteiger partial charge in [-0.2, -0.15) is 0 Å². The molecule has 3 nitrogen and oxygen atoms in total. The molecule has 0 radical (unpaired) electrons. The molecule has 0 aliphatic heterocycles. The summed E-state index contributed by atoms with van der Waals surface area (Å²) in [6, 6.07) is 15.2. The van der Waals surface area contributed by atoms with Crippen LogP contribution in [0.1, 0.15) is 12.5 Å². The molecule has 0 aliphatic carbocycles. The normalized spacial score (nSPS) is 10.0. The number of amides is 1. The van der Waals surface area contributed by atoms with Crippen LogP contribution in [0.3, 0.4) is 0 Å². The molecule has 0 unspecified atom stereocenters. The van der Waals surface area contributed by atoms with Gasteiger partial charge in [0.05, 0.1) is 10.7 Å². The van der Waals surface area contributed by atoms with Gasteiger partial charge in [-0.15, -0.1) is 0 Å². The fourth-order valence-electron chi connectivity index (χ4n) is 1.78. The Labute approximate surface area is 117 Å². The van der Waals surface area contributed by atoms with Crippen molar-refractivity contribution in [2.24, 2.45) is 0 Å². The molecule has 2 N–H and O–H groups in total. The zero-order valence-electron chi connectivity index (χ0n) is 10.6. The van der Waals surface area contributed by atoms with E-state index in [0.717, 1.165) is 16.9 Å². The Hall–Kier alpha value is -2.00. The number of nitrogens with one attached hydrogen (secondary N) is 2. The van der Waals surface area contributed by atoms with E-state index in [9.17, 15) is 4.79 Å². The molecule has 0 spiro atoms. The molecule has 98 valence electrons. The predicted octanol–water partition coefficient (Wildman–Crippen LogP) is 3.91. The number of rotatable bonds is 4. The van der Waals surface area contributed by atoms with Crippen LogP contribution in [0, 0.1) is 0 Å². The number of carbonyl (C=O) groups is 1. The van der Waals surface area contributed by atoms with Crippen molar-refractivity contribution in [2.75, 3.05) is 10.6 Å². The van der Waals surface area contributed by atoms with Gasteiger partial charge in [-0.25, -0.2) is 0 Å². The van der Waals surface area contributed by atoms with E-state index in [-0.39, 0.29) is 5.91 Å². The van der Waals surface area contributed by atoms with Crippen molar-refractivity contribution in [3.8, 4) is 0 Å². The van der Waals surface area contributed by atoms with Gasteiger partial charge in [0.25, 0.3) is 0 Å². The Morgan fingerprint density at radius 3 is 2.37 bits per heavy atom. The lowest BCUT2D eigenvalue weighted by Gasteiger charge is -2.12. The first-order valence-electron chi connectivity index (χ1n) is 6.00. The third-order valence-electron chi connectivity index (χ3n) is 2.67. The Morgan fingerprint density at radius 2 is 1.68 bits per heavy atom. The lowest BCUT2D eigenvalue weighted by molar-refractivity contribution is -0.114. The summed E-state index contributed by atoms with van der Waals surface area (Å²) < 4.78 is 0. The summed E-state index contributed by atoms with van der Waals surface area (Å²) in [5.74, 6) is -0.0785. The molecule has 0 heterocycles. The molecule has 0 aromatic heterocycles. The maximum Gasteiger partial charge on any atom is 0.221 e. The zero-order valence-corrected chi connectivity index (χ0v) is 11.4. The average molecular weight is 275 g/mol. The zero-order chi connectivity index (χ0) is 13.7. The third-order valence-corrected chi connectivity index (χ3v) is 3.00. The Bertz CT molecular complexity index is 584. The van der Waals surface area contributed by atoms with Gasteiger partial charge in [-0.05, 0) is 23.8 Å². The van der Waals surface area contributed by atoms with Crippen LogP contribution in [0.15, 0.2) is 48.5 Å². The first kappa shape index (κ1) is 13.4. The molecular weight excluding hydrogens is 260 g/mol. The van der Waals surface area contributed by atoms with Crippen molar-refractivity contribution in [3.05, 3.63) is 59.1 Å². The third kappa shape index (κ3) is 3.73. The van der Waals surface area contributed by atoms with Gasteiger partial charge in [-0.3, -0.25) is 4.79 Å². The molecule has 0 aliphatic rings. The molecule has 19 heavy (non-hydrogen) atoms. The van der Waals surface area contributed by atoms with E-state index in [1.807, 2.05) is 48.5 Å². The summed E-state index contributed by atoms with van der Waals surface area (Å²) in [7, 11) is 0. The Balaban J connectivity index is 2.11.